The zero-order chi connectivity index (χ0) is 16.8. The summed E-state index contributed by atoms with van der Waals surface area (Å²) >= 11 is 0. The fourth-order valence-electron chi connectivity index (χ4n) is 3.25. The van der Waals surface area contributed by atoms with E-state index < -0.39 is 0 Å². The van der Waals surface area contributed by atoms with Crippen molar-refractivity contribution in [2.24, 2.45) is 5.92 Å². The van der Waals surface area contributed by atoms with E-state index in [1.165, 1.54) is 18.4 Å². The Morgan fingerprint density at radius 3 is 2.42 bits per heavy atom. The fraction of sp³-hybridized carbons (Fsp3) is 0.474. The predicted octanol–water partition coefficient (Wildman–Crippen LogP) is 2.83. The first kappa shape index (κ1) is 16.7. The van der Waals surface area contributed by atoms with Crippen LogP contribution in [0.3, 0.4) is 0 Å². The number of hydrogen-bond donors (Lipinski definition) is 0. The van der Waals surface area contributed by atoms with Crippen LogP contribution in [0.5, 0.6) is 5.75 Å². The number of piperidine rings is 1. The monoisotopic (exact) mass is 326 g/mol. The summed E-state index contributed by atoms with van der Waals surface area (Å²) in [6, 6.07) is 10.7. The summed E-state index contributed by atoms with van der Waals surface area (Å²) in [6.45, 7) is 4.39. The van der Waals surface area contributed by atoms with Crippen LogP contribution in [0, 0.1) is 5.92 Å². The Morgan fingerprint density at radius 1 is 1.12 bits per heavy atom. The summed E-state index contributed by atoms with van der Waals surface area (Å²) in [4.78, 5) is 13.4. The second kappa shape index (κ2) is 8.11. The van der Waals surface area contributed by atoms with E-state index in [9.17, 15) is 0 Å². The lowest BCUT2D eigenvalue weighted by Gasteiger charge is -2.33. The number of aromatic nitrogens is 2. The molecule has 1 aromatic heterocycles. The SMILES string of the molecule is COc1cnc(N(C)CC2CCN(Cc3ccccc3)CC2)nc1. The van der Waals surface area contributed by atoms with Crippen molar-refractivity contribution in [3.05, 3.63) is 48.3 Å². The van der Waals surface area contributed by atoms with Gasteiger partial charge in [0.2, 0.25) is 5.95 Å². The highest BCUT2D eigenvalue weighted by Gasteiger charge is 2.21. The van der Waals surface area contributed by atoms with Crippen molar-refractivity contribution in [2.45, 2.75) is 19.4 Å². The van der Waals surface area contributed by atoms with Gasteiger partial charge in [-0.25, -0.2) is 9.97 Å². The molecular formula is C19H26N4O. The first-order valence-corrected chi connectivity index (χ1v) is 8.58. The van der Waals surface area contributed by atoms with Gasteiger partial charge < -0.3 is 9.64 Å². The summed E-state index contributed by atoms with van der Waals surface area (Å²) in [7, 11) is 3.70. The first-order valence-electron chi connectivity index (χ1n) is 8.58. The Kier molecular flexibility index (Phi) is 5.64. The molecule has 3 rings (SSSR count). The zero-order valence-corrected chi connectivity index (χ0v) is 14.6. The van der Waals surface area contributed by atoms with E-state index >= 15 is 0 Å². The van der Waals surface area contributed by atoms with E-state index in [2.05, 4.69) is 57.1 Å². The zero-order valence-electron chi connectivity index (χ0n) is 14.6. The molecule has 1 fully saturated rings. The van der Waals surface area contributed by atoms with E-state index in [4.69, 9.17) is 4.74 Å². The molecule has 0 aliphatic carbocycles. The molecule has 1 aliphatic rings. The van der Waals surface area contributed by atoms with Crippen LogP contribution in [0.15, 0.2) is 42.7 Å². The van der Waals surface area contributed by atoms with E-state index in [0.717, 1.165) is 32.1 Å². The van der Waals surface area contributed by atoms with Crippen molar-refractivity contribution in [1.29, 1.82) is 0 Å². The Balaban J connectivity index is 1.46. The van der Waals surface area contributed by atoms with Gasteiger partial charge in [0.1, 0.15) is 0 Å². The summed E-state index contributed by atoms with van der Waals surface area (Å²) in [6.07, 6.45) is 5.91. The highest BCUT2D eigenvalue weighted by molar-refractivity contribution is 5.30. The van der Waals surface area contributed by atoms with Crippen LogP contribution < -0.4 is 9.64 Å². The molecule has 0 atom stereocenters. The molecule has 0 N–H and O–H groups in total. The third kappa shape index (κ3) is 4.45. The van der Waals surface area contributed by atoms with E-state index in [1.54, 1.807) is 19.5 Å². The molecule has 5 heteroatoms. The van der Waals surface area contributed by atoms with Gasteiger partial charge in [0, 0.05) is 20.1 Å². The number of rotatable bonds is 6. The topological polar surface area (TPSA) is 41.5 Å². The number of methoxy groups -OCH3 is 1. The number of hydrogen-bond acceptors (Lipinski definition) is 5. The van der Waals surface area contributed by atoms with Gasteiger partial charge in [0.25, 0.3) is 0 Å². The first-order chi connectivity index (χ1) is 11.7. The fourth-order valence-corrected chi connectivity index (χ4v) is 3.25. The van der Waals surface area contributed by atoms with Gasteiger partial charge in [-0.05, 0) is 37.4 Å². The van der Waals surface area contributed by atoms with Gasteiger partial charge in [-0.2, -0.15) is 0 Å². The average molecular weight is 326 g/mol. The minimum absolute atomic E-state index is 0.696. The predicted molar refractivity (Wildman–Crippen MR) is 96.3 cm³/mol. The van der Waals surface area contributed by atoms with E-state index in [1.807, 2.05) is 0 Å². The molecule has 0 radical (unpaired) electrons. The summed E-state index contributed by atoms with van der Waals surface area (Å²) in [5, 5.41) is 0. The van der Waals surface area contributed by atoms with Gasteiger partial charge in [0.05, 0.1) is 19.5 Å². The number of nitrogens with zero attached hydrogens (tertiary/aromatic N) is 4. The van der Waals surface area contributed by atoms with Gasteiger partial charge in [-0.3, -0.25) is 4.90 Å². The van der Waals surface area contributed by atoms with Gasteiger partial charge in [-0.1, -0.05) is 30.3 Å². The quantitative estimate of drug-likeness (QED) is 0.816. The Labute approximate surface area is 144 Å². The van der Waals surface area contributed by atoms with Crippen LogP contribution in [0.25, 0.3) is 0 Å². The molecule has 0 amide bonds. The molecule has 1 aromatic carbocycles. The molecule has 128 valence electrons. The summed E-state index contributed by atoms with van der Waals surface area (Å²) < 4.78 is 5.11. The van der Waals surface area contributed by atoms with Crippen molar-refractivity contribution in [3.63, 3.8) is 0 Å². The summed E-state index contributed by atoms with van der Waals surface area (Å²) in [5.74, 6) is 2.16. The van der Waals surface area contributed by atoms with Crippen molar-refractivity contribution >= 4 is 5.95 Å². The Hall–Kier alpha value is -2.14. The molecule has 0 saturated carbocycles. The molecule has 0 spiro atoms. The molecule has 1 aliphatic heterocycles. The van der Waals surface area contributed by atoms with Crippen LogP contribution in [-0.2, 0) is 6.54 Å². The highest BCUT2D eigenvalue weighted by atomic mass is 16.5. The van der Waals surface area contributed by atoms with Crippen LogP contribution in [0.4, 0.5) is 5.95 Å². The normalized spacial score (nSPS) is 16.1. The largest absolute Gasteiger partial charge is 0.494 e. The minimum atomic E-state index is 0.696. The molecule has 5 nitrogen and oxygen atoms in total. The Morgan fingerprint density at radius 2 is 1.79 bits per heavy atom. The van der Waals surface area contributed by atoms with Gasteiger partial charge in [0.15, 0.2) is 5.75 Å². The third-order valence-corrected chi connectivity index (χ3v) is 4.68. The number of ether oxygens (including phenoxy) is 1. The number of benzene rings is 1. The average Bonchev–Trinajstić information content (AvgIpc) is 2.64. The maximum Gasteiger partial charge on any atom is 0.225 e. The second-order valence-electron chi connectivity index (χ2n) is 6.51. The van der Waals surface area contributed by atoms with Crippen LogP contribution in [-0.4, -0.2) is 48.7 Å². The molecule has 24 heavy (non-hydrogen) atoms. The van der Waals surface area contributed by atoms with Gasteiger partial charge >= 0.3 is 0 Å². The van der Waals surface area contributed by atoms with Gasteiger partial charge in [-0.15, -0.1) is 0 Å². The lowest BCUT2D eigenvalue weighted by Crippen LogP contribution is -2.37. The maximum atomic E-state index is 5.11. The van der Waals surface area contributed by atoms with Crippen molar-refractivity contribution < 1.29 is 4.74 Å². The molecule has 2 heterocycles. The standard InChI is InChI=1S/C19H26N4O/c1-22(19-20-12-18(24-2)13-21-19)14-17-8-10-23(11-9-17)15-16-6-4-3-5-7-16/h3-7,12-13,17H,8-11,14-15H2,1-2H3. The Bertz CT molecular complexity index is 609. The van der Waals surface area contributed by atoms with Crippen LogP contribution >= 0.6 is 0 Å². The molecule has 1 saturated heterocycles. The molecule has 0 bridgehead atoms. The smallest absolute Gasteiger partial charge is 0.225 e. The third-order valence-electron chi connectivity index (χ3n) is 4.68. The van der Waals surface area contributed by atoms with Crippen molar-refractivity contribution in [1.82, 2.24) is 14.9 Å². The molecular weight excluding hydrogens is 300 g/mol. The maximum absolute atomic E-state index is 5.11. The van der Waals surface area contributed by atoms with Crippen LogP contribution in [0.2, 0.25) is 0 Å². The number of anilines is 1. The highest BCUT2D eigenvalue weighted by Crippen LogP contribution is 2.21. The van der Waals surface area contributed by atoms with E-state index in [0.29, 0.717) is 11.7 Å². The summed E-state index contributed by atoms with van der Waals surface area (Å²) in [5.41, 5.74) is 1.40. The second-order valence-corrected chi connectivity index (χ2v) is 6.51. The van der Waals surface area contributed by atoms with Crippen molar-refractivity contribution in [3.8, 4) is 5.75 Å². The lowest BCUT2D eigenvalue weighted by molar-refractivity contribution is 0.179. The van der Waals surface area contributed by atoms with Crippen molar-refractivity contribution in [2.75, 3.05) is 38.7 Å². The van der Waals surface area contributed by atoms with E-state index in [-0.39, 0.29) is 0 Å². The number of likely N-dealkylation sites (tertiary alicyclic amines) is 1. The molecule has 2 aromatic rings. The minimum Gasteiger partial charge on any atom is -0.494 e. The van der Waals surface area contributed by atoms with Crippen LogP contribution in [0.1, 0.15) is 18.4 Å². The molecule has 0 unspecified atom stereocenters. The lowest BCUT2D eigenvalue weighted by atomic mass is 9.96.